The van der Waals surface area contributed by atoms with Crippen LogP contribution in [0, 0.1) is 6.92 Å². The molecule has 0 saturated heterocycles. The highest BCUT2D eigenvalue weighted by molar-refractivity contribution is 7.81. The minimum Gasteiger partial charge on any atom is -0.487 e. The number of anilines is 1. The lowest BCUT2D eigenvalue weighted by atomic mass is 10.1. The van der Waals surface area contributed by atoms with Gasteiger partial charge in [-0.1, -0.05) is 24.3 Å². The third-order valence-electron chi connectivity index (χ3n) is 4.91. The zero-order chi connectivity index (χ0) is 20.4. The summed E-state index contributed by atoms with van der Waals surface area (Å²) in [7, 11) is 1.87. The van der Waals surface area contributed by atoms with Crippen LogP contribution in [0.15, 0.2) is 48.9 Å². The van der Waals surface area contributed by atoms with Gasteiger partial charge in [-0.05, 0) is 30.2 Å². The Labute approximate surface area is 174 Å². The highest BCUT2D eigenvalue weighted by Crippen LogP contribution is 2.30. The first-order valence-electron chi connectivity index (χ1n) is 9.26. The molecule has 0 aliphatic carbocycles. The van der Waals surface area contributed by atoms with Gasteiger partial charge in [0.05, 0.1) is 18.0 Å². The van der Waals surface area contributed by atoms with Crippen molar-refractivity contribution in [3.05, 3.63) is 65.9 Å². The maximum atomic E-state index is 12.7. The number of fused-ring (bicyclic) bond motifs is 1. The Hall–Kier alpha value is -3.07. The van der Waals surface area contributed by atoms with Crippen molar-refractivity contribution in [2.75, 3.05) is 18.6 Å². The molecule has 0 fully saturated rings. The van der Waals surface area contributed by atoms with E-state index in [1.165, 1.54) is 5.56 Å². The van der Waals surface area contributed by atoms with Gasteiger partial charge in [0.25, 0.3) is 5.91 Å². The largest absolute Gasteiger partial charge is 0.487 e. The number of rotatable bonds is 4. The first-order valence-corrected chi connectivity index (χ1v) is 9.78. The van der Waals surface area contributed by atoms with Gasteiger partial charge < -0.3 is 15.0 Å². The number of hydrogen-bond acceptors (Lipinski definition) is 7. The number of pyridine rings is 1. The van der Waals surface area contributed by atoms with Gasteiger partial charge in [-0.3, -0.25) is 4.79 Å². The summed E-state index contributed by atoms with van der Waals surface area (Å²) in [5.41, 5.74) is 2.29. The Morgan fingerprint density at radius 2 is 2.10 bits per heavy atom. The SMILES string of the molecule is Cc1ccccc1Cn1cnc(C(=O)NC2COc3cccnc3N(C)C2S)n1. The average Bonchev–Trinajstić information content (AvgIpc) is 3.16. The molecule has 2 aromatic heterocycles. The molecule has 29 heavy (non-hydrogen) atoms. The van der Waals surface area contributed by atoms with Crippen LogP contribution < -0.4 is 15.0 Å². The van der Waals surface area contributed by atoms with Gasteiger partial charge in [-0.15, -0.1) is 5.10 Å². The summed E-state index contributed by atoms with van der Waals surface area (Å²) >= 11 is 4.66. The molecular weight excluding hydrogens is 388 g/mol. The summed E-state index contributed by atoms with van der Waals surface area (Å²) in [4.78, 5) is 23.1. The monoisotopic (exact) mass is 410 g/mol. The highest BCUT2D eigenvalue weighted by Gasteiger charge is 2.31. The molecule has 1 aliphatic rings. The van der Waals surface area contributed by atoms with Crippen LogP contribution in [0.3, 0.4) is 0 Å². The lowest BCUT2D eigenvalue weighted by Gasteiger charge is -2.28. The fourth-order valence-electron chi connectivity index (χ4n) is 3.21. The van der Waals surface area contributed by atoms with Crippen LogP contribution in [0.2, 0.25) is 0 Å². The van der Waals surface area contributed by atoms with E-state index in [1.807, 2.05) is 55.3 Å². The van der Waals surface area contributed by atoms with Crippen molar-refractivity contribution in [3.63, 3.8) is 0 Å². The Kier molecular flexibility index (Phi) is 5.39. The topological polar surface area (TPSA) is 85.2 Å². The Bertz CT molecular complexity index is 1020. The van der Waals surface area contributed by atoms with Crippen molar-refractivity contribution < 1.29 is 9.53 Å². The van der Waals surface area contributed by atoms with E-state index >= 15 is 0 Å². The first-order chi connectivity index (χ1) is 14.0. The van der Waals surface area contributed by atoms with Crippen LogP contribution in [-0.2, 0) is 6.54 Å². The summed E-state index contributed by atoms with van der Waals surface area (Å²) < 4.78 is 7.48. The second kappa shape index (κ2) is 8.12. The van der Waals surface area contributed by atoms with Crippen molar-refractivity contribution in [1.29, 1.82) is 0 Å². The fourth-order valence-corrected chi connectivity index (χ4v) is 3.48. The van der Waals surface area contributed by atoms with E-state index in [-0.39, 0.29) is 29.8 Å². The maximum Gasteiger partial charge on any atom is 0.291 e. The molecule has 1 N–H and O–H groups in total. The minimum absolute atomic E-state index is 0.113. The number of hydrogen-bond donors (Lipinski definition) is 2. The van der Waals surface area contributed by atoms with Crippen LogP contribution in [0.5, 0.6) is 5.75 Å². The van der Waals surface area contributed by atoms with Crippen molar-refractivity contribution in [3.8, 4) is 5.75 Å². The molecule has 4 rings (SSSR count). The van der Waals surface area contributed by atoms with Gasteiger partial charge in [0, 0.05) is 13.2 Å². The van der Waals surface area contributed by atoms with E-state index in [0.29, 0.717) is 18.1 Å². The third kappa shape index (κ3) is 4.04. The molecule has 0 radical (unpaired) electrons. The van der Waals surface area contributed by atoms with Crippen LogP contribution >= 0.6 is 12.6 Å². The van der Waals surface area contributed by atoms with E-state index in [1.54, 1.807) is 17.2 Å². The van der Waals surface area contributed by atoms with E-state index in [0.717, 1.165) is 5.56 Å². The van der Waals surface area contributed by atoms with Gasteiger partial charge >= 0.3 is 0 Å². The number of benzene rings is 1. The standard InChI is InChI=1S/C20H22N6O2S/c1-13-6-3-4-7-14(13)10-26-12-22-17(24-26)19(27)23-15-11-28-16-8-5-9-21-18(16)25(2)20(15)29/h3-9,12,15,20,29H,10-11H2,1-2H3,(H,23,27). The van der Waals surface area contributed by atoms with E-state index < -0.39 is 0 Å². The lowest BCUT2D eigenvalue weighted by molar-refractivity contribution is 0.0912. The number of nitrogens with zero attached hydrogens (tertiary/aromatic N) is 5. The van der Waals surface area contributed by atoms with Crippen LogP contribution in [0.1, 0.15) is 21.7 Å². The van der Waals surface area contributed by atoms with Gasteiger partial charge in [-0.2, -0.15) is 12.6 Å². The molecule has 8 nitrogen and oxygen atoms in total. The molecule has 2 atom stereocenters. The van der Waals surface area contributed by atoms with Crippen LogP contribution in [-0.4, -0.2) is 50.7 Å². The summed E-state index contributed by atoms with van der Waals surface area (Å²) in [6.45, 7) is 2.87. The second-order valence-electron chi connectivity index (χ2n) is 6.93. The van der Waals surface area contributed by atoms with E-state index in [2.05, 4.69) is 33.0 Å². The molecular formula is C20H22N6O2S. The molecule has 2 unspecified atom stereocenters. The van der Waals surface area contributed by atoms with E-state index in [9.17, 15) is 4.79 Å². The summed E-state index contributed by atoms with van der Waals surface area (Å²) in [5.74, 6) is 1.09. The fraction of sp³-hybridized carbons (Fsp3) is 0.300. The van der Waals surface area contributed by atoms with Crippen molar-refractivity contribution in [1.82, 2.24) is 25.1 Å². The average molecular weight is 411 g/mol. The number of carbonyl (C=O) groups excluding carboxylic acids is 1. The van der Waals surface area contributed by atoms with Gasteiger partial charge in [-0.25, -0.2) is 14.6 Å². The van der Waals surface area contributed by atoms with Gasteiger partial charge in [0.1, 0.15) is 12.9 Å². The Balaban J connectivity index is 1.45. The van der Waals surface area contributed by atoms with Gasteiger partial charge in [0.2, 0.25) is 5.82 Å². The number of aryl methyl sites for hydroxylation is 1. The normalized spacial score (nSPS) is 18.5. The van der Waals surface area contributed by atoms with E-state index in [4.69, 9.17) is 4.74 Å². The summed E-state index contributed by atoms with van der Waals surface area (Å²) in [6, 6.07) is 11.3. The third-order valence-corrected chi connectivity index (χ3v) is 5.62. The molecule has 1 amide bonds. The number of carbonyl (C=O) groups is 1. The van der Waals surface area contributed by atoms with Crippen molar-refractivity contribution >= 4 is 24.4 Å². The summed E-state index contributed by atoms with van der Waals surface area (Å²) in [6.07, 6.45) is 3.26. The number of ether oxygens (including phenoxy) is 1. The number of thiol groups is 1. The number of nitrogens with one attached hydrogen (secondary N) is 1. The van der Waals surface area contributed by atoms with Crippen molar-refractivity contribution in [2.24, 2.45) is 0 Å². The molecule has 3 aromatic rings. The molecule has 9 heteroatoms. The molecule has 3 heterocycles. The Morgan fingerprint density at radius 3 is 2.93 bits per heavy atom. The number of aromatic nitrogens is 4. The molecule has 0 spiro atoms. The van der Waals surface area contributed by atoms with Crippen molar-refractivity contribution in [2.45, 2.75) is 24.9 Å². The minimum atomic E-state index is -0.367. The predicted octanol–water partition coefficient (Wildman–Crippen LogP) is 1.91. The molecule has 0 bridgehead atoms. The second-order valence-corrected chi connectivity index (χ2v) is 7.46. The highest BCUT2D eigenvalue weighted by atomic mass is 32.1. The zero-order valence-corrected chi connectivity index (χ0v) is 17.1. The number of amides is 1. The molecule has 150 valence electrons. The van der Waals surface area contributed by atoms with Crippen LogP contribution in [0.4, 0.5) is 5.82 Å². The molecule has 1 aromatic carbocycles. The quantitative estimate of drug-likeness (QED) is 0.639. The molecule has 0 saturated carbocycles. The lowest BCUT2D eigenvalue weighted by Crippen LogP contribution is -2.50. The smallest absolute Gasteiger partial charge is 0.291 e. The number of likely N-dealkylation sites (N-methyl/N-ethyl adjacent to an activating group) is 1. The predicted molar refractivity (Wildman–Crippen MR) is 112 cm³/mol. The molecule has 1 aliphatic heterocycles. The summed E-state index contributed by atoms with van der Waals surface area (Å²) in [5, 5.41) is 6.94. The Morgan fingerprint density at radius 1 is 1.28 bits per heavy atom. The first kappa shape index (κ1) is 19.3. The maximum absolute atomic E-state index is 12.7. The van der Waals surface area contributed by atoms with Crippen LogP contribution in [0.25, 0.3) is 0 Å². The zero-order valence-electron chi connectivity index (χ0n) is 16.2. The van der Waals surface area contributed by atoms with Gasteiger partial charge in [0.15, 0.2) is 11.6 Å².